The first kappa shape index (κ1) is 35.8. The van der Waals surface area contributed by atoms with Gasteiger partial charge in [-0.15, -0.1) is 0 Å². The lowest BCUT2D eigenvalue weighted by atomic mass is 9.95. The molecular formula is C33H38N2O13. The lowest BCUT2D eigenvalue weighted by molar-refractivity contribution is -0.287. The van der Waals surface area contributed by atoms with E-state index in [0.29, 0.717) is 0 Å². The molecule has 15 heteroatoms. The van der Waals surface area contributed by atoms with Crippen molar-refractivity contribution in [1.82, 2.24) is 10.6 Å². The number of carbonyl (C=O) groups excluding carboxylic acids is 5. The van der Waals surface area contributed by atoms with Crippen molar-refractivity contribution < 1.29 is 62.3 Å². The normalized spacial score (nSPS) is 22.6. The van der Waals surface area contributed by atoms with Crippen molar-refractivity contribution in [3.63, 3.8) is 0 Å². The minimum atomic E-state index is -1.69. The minimum Gasteiger partial charge on any atom is -0.480 e. The number of ether oxygens (including phenoxy) is 6. The number of carboxylic acids is 1. The molecule has 2 aromatic rings. The highest BCUT2D eigenvalue weighted by molar-refractivity contribution is 5.81. The molecule has 2 aromatic carbocycles. The van der Waals surface area contributed by atoms with Gasteiger partial charge in [-0.1, -0.05) is 48.5 Å². The van der Waals surface area contributed by atoms with Crippen molar-refractivity contribution >= 4 is 35.9 Å². The molecule has 0 saturated carbocycles. The summed E-state index contributed by atoms with van der Waals surface area (Å²) in [5.41, 5.74) is 3.97. The van der Waals surface area contributed by atoms with Crippen molar-refractivity contribution in [3.05, 3.63) is 59.7 Å². The molecule has 1 aliphatic carbocycles. The second kappa shape index (κ2) is 15.7. The van der Waals surface area contributed by atoms with E-state index in [1.807, 2.05) is 48.5 Å². The van der Waals surface area contributed by atoms with Gasteiger partial charge in [0.05, 0.1) is 6.10 Å². The summed E-state index contributed by atoms with van der Waals surface area (Å²) in [4.78, 5) is 73.2. The number of esters is 3. The number of hydrogen-bond acceptors (Lipinski definition) is 12. The van der Waals surface area contributed by atoms with E-state index in [2.05, 4.69) is 10.6 Å². The fourth-order valence-corrected chi connectivity index (χ4v) is 5.84. The van der Waals surface area contributed by atoms with Crippen LogP contribution in [0.15, 0.2) is 48.5 Å². The van der Waals surface area contributed by atoms with E-state index in [1.54, 1.807) is 0 Å². The average molecular weight is 671 g/mol. The molecule has 2 aliphatic rings. The molecule has 1 saturated heterocycles. The molecule has 4 rings (SSSR count). The largest absolute Gasteiger partial charge is 0.480 e. The highest BCUT2D eigenvalue weighted by Crippen LogP contribution is 2.44. The van der Waals surface area contributed by atoms with Crippen LogP contribution in [0.3, 0.4) is 0 Å². The van der Waals surface area contributed by atoms with Crippen molar-refractivity contribution in [3.8, 4) is 11.1 Å². The predicted octanol–water partition coefficient (Wildman–Crippen LogP) is 2.04. The Labute approximate surface area is 276 Å². The van der Waals surface area contributed by atoms with Crippen molar-refractivity contribution in [2.45, 2.75) is 83.3 Å². The maximum Gasteiger partial charge on any atom is 0.407 e. The fraction of sp³-hybridized carbons (Fsp3) is 0.455. The van der Waals surface area contributed by atoms with E-state index < -0.39 is 85.3 Å². The Morgan fingerprint density at radius 1 is 0.792 bits per heavy atom. The molecule has 0 unspecified atom stereocenters. The number of carboxylic acid groups (broad SMARTS) is 1. The number of alkyl carbamates (subject to hydrolysis) is 1. The second-order valence-electron chi connectivity index (χ2n) is 11.3. The van der Waals surface area contributed by atoms with Crippen LogP contribution in [0.2, 0.25) is 0 Å². The van der Waals surface area contributed by atoms with Gasteiger partial charge in [-0.25, -0.2) is 9.59 Å². The minimum absolute atomic E-state index is 0.0722. The highest BCUT2D eigenvalue weighted by Gasteiger charge is 2.52. The molecule has 15 nitrogen and oxygen atoms in total. The third kappa shape index (κ3) is 8.66. The van der Waals surface area contributed by atoms with Gasteiger partial charge >= 0.3 is 30.0 Å². The summed E-state index contributed by atoms with van der Waals surface area (Å²) in [7, 11) is 0. The summed E-state index contributed by atoms with van der Waals surface area (Å²) in [5, 5.41) is 14.9. The number of amides is 2. The van der Waals surface area contributed by atoms with E-state index in [9.17, 15) is 33.9 Å². The van der Waals surface area contributed by atoms with Crippen molar-refractivity contribution in [1.29, 1.82) is 0 Å². The summed E-state index contributed by atoms with van der Waals surface area (Å²) in [5.74, 6) is -4.67. The molecule has 1 heterocycles. The maximum atomic E-state index is 13.0. The Kier molecular flexibility index (Phi) is 11.7. The number of hydrogen-bond donors (Lipinski definition) is 3. The van der Waals surface area contributed by atoms with Gasteiger partial charge in [-0.05, 0) is 29.2 Å². The van der Waals surface area contributed by atoms with Crippen LogP contribution in [-0.2, 0) is 52.4 Å². The third-order valence-corrected chi connectivity index (χ3v) is 7.77. The quantitative estimate of drug-likeness (QED) is 0.219. The fourth-order valence-electron chi connectivity index (χ4n) is 5.84. The molecular weight excluding hydrogens is 632 g/mol. The molecule has 0 spiro atoms. The maximum absolute atomic E-state index is 13.0. The number of benzene rings is 2. The number of rotatable bonds is 12. The SMILES string of the molecule is CC(=O)N[C@H]1[C@H](O[C@H](C)[C@H](NC(=O)OCC2c3ccccc3-c3ccccc32)C(=O)O)O[C@@H](COC(C)=O)[C@H](OC(C)=O)[C@@H]1OC(C)=O. The molecule has 1 aliphatic heterocycles. The summed E-state index contributed by atoms with van der Waals surface area (Å²) in [6.07, 6.45) is -7.98. The smallest absolute Gasteiger partial charge is 0.407 e. The first-order valence-corrected chi connectivity index (χ1v) is 15.2. The number of nitrogens with one attached hydrogen (secondary N) is 2. The Morgan fingerprint density at radius 2 is 1.35 bits per heavy atom. The van der Waals surface area contributed by atoms with E-state index in [1.165, 1.54) is 6.92 Å². The predicted molar refractivity (Wildman–Crippen MR) is 164 cm³/mol. The summed E-state index contributed by atoms with van der Waals surface area (Å²) in [6, 6.07) is 12.4. The highest BCUT2D eigenvalue weighted by atomic mass is 16.7. The van der Waals surface area contributed by atoms with E-state index in [0.717, 1.165) is 49.9 Å². The zero-order chi connectivity index (χ0) is 35.1. The summed E-state index contributed by atoms with van der Waals surface area (Å²) in [6.45, 7) is 5.26. The average Bonchev–Trinajstić information content (AvgIpc) is 3.33. The zero-order valence-corrected chi connectivity index (χ0v) is 27.0. The van der Waals surface area contributed by atoms with E-state index >= 15 is 0 Å². The van der Waals surface area contributed by atoms with Crippen molar-refractivity contribution in [2.75, 3.05) is 13.2 Å². The van der Waals surface area contributed by atoms with Gasteiger partial charge in [0.1, 0.15) is 25.4 Å². The van der Waals surface area contributed by atoms with E-state index in [4.69, 9.17) is 28.4 Å². The van der Waals surface area contributed by atoms with Crippen LogP contribution in [0.25, 0.3) is 11.1 Å². The van der Waals surface area contributed by atoms with Gasteiger partial charge in [-0.3, -0.25) is 19.2 Å². The number of fused-ring (bicyclic) bond motifs is 3. The molecule has 0 aromatic heterocycles. The Hall–Kier alpha value is -5.02. The molecule has 1 fully saturated rings. The van der Waals surface area contributed by atoms with Crippen LogP contribution in [0.4, 0.5) is 4.79 Å². The topological polar surface area (TPSA) is 202 Å². The molecule has 48 heavy (non-hydrogen) atoms. The molecule has 0 bridgehead atoms. The third-order valence-electron chi connectivity index (χ3n) is 7.77. The molecule has 7 atom stereocenters. The van der Waals surface area contributed by atoms with Crippen LogP contribution < -0.4 is 10.6 Å². The number of aliphatic carboxylic acids is 1. The Balaban J connectivity index is 1.52. The number of carbonyl (C=O) groups is 6. The van der Waals surface area contributed by atoms with E-state index in [-0.39, 0.29) is 12.5 Å². The second-order valence-corrected chi connectivity index (χ2v) is 11.3. The summed E-state index contributed by atoms with van der Waals surface area (Å²) >= 11 is 0. The lowest BCUT2D eigenvalue weighted by Crippen LogP contribution is -2.67. The van der Waals surface area contributed by atoms with Crippen LogP contribution in [0.5, 0.6) is 0 Å². The molecule has 3 N–H and O–H groups in total. The van der Waals surface area contributed by atoms with Crippen molar-refractivity contribution in [2.24, 2.45) is 0 Å². The Morgan fingerprint density at radius 3 is 1.88 bits per heavy atom. The summed E-state index contributed by atoms with van der Waals surface area (Å²) < 4.78 is 33.2. The van der Waals surface area contributed by atoms with Crippen LogP contribution in [-0.4, -0.2) is 97.0 Å². The van der Waals surface area contributed by atoms with Gasteiger partial charge in [0.2, 0.25) is 5.91 Å². The van der Waals surface area contributed by atoms with Gasteiger partial charge in [-0.2, -0.15) is 0 Å². The standard InChI is InChI=1S/C33H38N2O13/c1-16(27(31(40)41)35-33(42)44-14-25-23-12-8-6-10-21(23)22-11-7-9-13-24(22)25)45-32-28(34-17(2)36)30(47-20(5)39)29(46-19(4)38)26(48-32)15-43-18(3)37/h6-13,16,25-30,32H,14-15H2,1-5H3,(H,34,36)(H,35,42)(H,40,41)/t16-,26+,27+,28-,29+,30-,32-/m1/s1. The van der Waals surface area contributed by atoms with Gasteiger partial charge in [0, 0.05) is 33.6 Å². The van der Waals surface area contributed by atoms with Gasteiger partial charge in [0.15, 0.2) is 24.5 Å². The molecule has 2 amide bonds. The van der Waals surface area contributed by atoms with Gasteiger partial charge < -0.3 is 44.2 Å². The zero-order valence-electron chi connectivity index (χ0n) is 27.0. The van der Waals surface area contributed by atoms with Crippen LogP contribution in [0, 0.1) is 0 Å². The van der Waals surface area contributed by atoms with Crippen LogP contribution >= 0.6 is 0 Å². The molecule has 0 radical (unpaired) electrons. The van der Waals surface area contributed by atoms with Crippen LogP contribution in [0.1, 0.15) is 51.7 Å². The lowest BCUT2D eigenvalue weighted by Gasteiger charge is -2.45. The monoisotopic (exact) mass is 670 g/mol. The first-order valence-electron chi connectivity index (χ1n) is 15.2. The van der Waals surface area contributed by atoms with Gasteiger partial charge in [0.25, 0.3) is 0 Å². The first-order chi connectivity index (χ1) is 22.8. The Bertz CT molecular complexity index is 1500. The molecule has 258 valence electrons.